The summed E-state index contributed by atoms with van der Waals surface area (Å²) in [5, 5.41) is 35.8. The number of rotatable bonds is 12. The molecule has 20 N–H and O–H groups in total. The third-order valence-corrected chi connectivity index (χ3v) is 15.7. The van der Waals surface area contributed by atoms with E-state index < -0.39 is 0 Å². The number of piperazine rings is 1. The number of aliphatic imine (C=N–C) groups is 2. The number of nitrogen functional groups attached to an aromatic ring is 2. The minimum absolute atomic E-state index is 0.0959. The first-order valence-corrected chi connectivity index (χ1v) is 35.2. The van der Waals surface area contributed by atoms with Crippen LogP contribution in [0.4, 0.5) is 11.6 Å². The molecule has 7 rings (SSSR count). The number of benzene rings is 2. The first kappa shape index (κ1) is 87.1. The lowest BCUT2D eigenvalue weighted by Crippen LogP contribution is -2.52. The zero-order chi connectivity index (χ0) is 73.5. The summed E-state index contributed by atoms with van der Waals surface area (Å²) >= 11 is 0. The third-order valence-electron chi connectivity index (χ3n) is 15.7. The van der Waals surface area contributed by atoms with Gasteiger partial charge in [0.15, 0.2) is 29.8 Å². The molecule has 4 aliphatic heterocycles. The van der Waals surface area contributed by atoms with Gasteiger partial charge in [-0.1, -0.05) is 182 Å². The van der Waals surface area contributed by atoms with Crippen LogP contribution in [0, 0.1) is 65.5 Å². The number of anilines is 1. The second kappa shape index (κ2) is 40.7. The van der Waals surface area contributed by atoms with Crippen LogP contribution >= 0.6 is 0 Å². The Bertz CT molecular complexity index is 2710. The molecule has 0 radical (unpaired) electrons. The molecule has 21 heteroatoms. The van der Waals surface area contributed by atoms with Gasteiger partial charge >= 0.3 is 0 Å². The SMILES string of the molecule is CC(C)(C)CC1CCCN1C(=N)N.CC(C)(C)CC1CCN(C(=N)N)CC1.CC(C)(C)CCCNC1=NCCN1.CC(C)(C)CCc1ccnc(N)n1.CC(C)(C)CN1CCN(C(=N)N)CC1.CC(C)(C)Cc1ccc(C(=N)N)cc1.CC(C)(C)Cc1ccc(N=C(N)N)cc1. The summed E-state index contributed by atoms with van der Waals surface area (Å²) < 4.78 is 0. The number of aryl methyl sites for hydroxylation is 1. The highest BCUT2D eigenvalue weighted by molar-refractivity contribution is 5.94. The van der Waals surface area contributed by atoms with Crippen molar-refractivity contribution in [3.8, 4) is 0 Å². The predicted molar refractivity (Wildman–Crippen MR) is 412 cm³/mol. The van der Waals surface area contributed by atoms with Gasteiger partial charge in [-0.05, 0) is 150 Å². The largest absolute Gasteiger partial charge is 0.384 e. The molecule has 21 nitrogen and oxygen atoms in total. The Labute approximate surface area is 584 Å². The Hall–Kier alpha value is -6.90. The van der Waals surface area contributed by atoms with Gasteiger partial charge in [0, 0.05) is 88.9 Å². The van der Waals surface area contributed by atoms with Crippen molar-refractivity contribution in [3.63, 3.8) is 0 Å². The van der Waals surface area contributed by atoms with Crippen molar-refractivity contribution in [1.82, 2.24) is 40.2 Å². The zero-order valence-electron chi connectivity index (χ0n) is 64.3. The van der Waals surface area contributed by atoms with Gasteiger partial charge in [-0.25, -0.2) is 15.0 Å². The molecule has 3 saturated heterocycles. The highest BCUT2D eigenvalue weighted by Gasteiger charge is 2.30. The van der Waals surface area contributed by atoms with E-state index in [1.807, 2.05) is 57.2 Å². The van der Waals surface area contributed by atoms with Crippen molar-refractivity contribution in [3.05, 3.63) is 83.2 Å². The molecule has 546 valence electrons. The number of aromatic nitrogens is 2. The van der Waals surface area contributed by atoms with E-state index in [2.05, 4.69) is 193 Å². The van der Waals surface area contributed by atoms with Gasteiger partial charge in [-0.3, -0.25) is 31.5 Å². The molecule has 0 aliphatic carbocycles. The Morgan fingerprint density at radius 2 is 1.06 bits per heavy atom. The van der Waals surface area contributed by atoms with E-state index in [0.29, 0.717) is 49.9 Å². The van der Waals surface area contributed by atoms with Crippen molar-refractivity contribution in [2.24, 2.45) is 88.2 Å². The molecule has 0 saturated carbocycles. The minimum atomic E-state index is 0.0959. The van der Waals surface area contributed by atoms with Gasteiger partial charge in [0.1, 0.15) is 5.84 Å². The molecule has 3 fully saturated rings. The number of piperidine rings is 1. The number of hydrogen-bond donors (Lipinski definition) is 13. The standard InChI is InChI=1S/C12H19N3.C12H18N2.C11H23N3.C10H22N4.C10H17N3.2C10H21N3/c1-12(2,3)8-9-4-6-10(7-5-9)15-11(13)14;1-12(2,3)8-9-4-6-10(7-5-9)11(13)14;1-11(2,3)8-9-4-6-14(7-5-9)10(12)13;1-10(2,3)8-13-4-6-14(7-5-13)9(11)12;1-10(2,3)6-4-8-5-7-12-9(11)13-8;1-10(2,3)5-4-6-11-9-12-7-8-13-9;1-10(2,3)7-8-5-4-6-13(8)9(11)12/h4-7H,8H2,1-3H3,(H4,13,14,15);4-7H,8H2,1-3H3,(H3,13,14);9H,4-8H2,1-3H3,(H3,12,13);4-8H2,1-3H3,(H3,11,12);5,7H,4,6H2,1-3H3,(H2,11,12,13);4-8H2,1-3H3,(H2,11,12,13);8H,4-7H2,1-3H3,(H3,11,12). The van der Waals surface area contributed by atoms with Crippen LogP contribution in [0.1, 0.15) is 226 Å². The Morgan fingerprint density at radius 3 is 1.47 bits per heavy atom. The number of nitrogens with one attached hydrogen (secondary N) is 6. The van der Waals surface area contributed by atoms with Gasteiger partial charge in [-0.2, -0.15) is 0 Å². The molecule has 0 bridgehead atoms. The summed E-state index contributed by atoms with van der Waals surface area (Å²) in [6.07, 6.45) is 15.5. The molecule has 96 heavy (non-hydrogen) atoms. The quantitative estimate of drug-likeness (QED) is 0.0455. The molecule has 3 aromatic rings. The molecule has 0 amide bonds. The molecular formula is C75H141N21. The van der Waals surface area contributed by atoms with Crippen LogP contribution in [0.15, 0.2) is 70.8 Å². The van der Waals surface area contributed by atoms with Gasteiger partial charge < -0.3 is 65.5 Å². The number of likely N-dealkylation sites (tertiary alicyclic amines) is 2. The van der Waals surface area contributed by atoms with Gasteiger partial charge in [0.2, 0.25) is 5.95 Å². The lowest BCUT2D eigenvalue weighted by Gasteiger charge is -2.37. The minimum Gasteiger partial charge on any atom is -0.384 e. The molecule has 1 atom stereocenters. The number of amidine groups is 1. The fraction of sp³-hybridized carbons (Fsp3) is 0.707. The normalized spacial score (nSPS) is 16.2. The average molecular weight is 1340 g/mol. The highest BCUT2D eigenvalue weighted by Crippen LogP contribution is 2.32. The lowest BCUT2D eigenvalue weighted by atomic mass is 9.80. The monoisotopic (exact) mass is 1340 g/mol. The smallest absolute Gasteiger partial charge is 0.220 e. The Balaban J connectivity index is 0.000000560. The van der Waals surface area contributed by atoms with Gasteiger partial charge in [0.25, 0.3) is 0 Å². The molecule has 0 spiro atoms. The van der Waals surface area contributed by atoms with Crippen molar-refractivity contribution in [2.45, 2.75) is 228 Å². The summed E-state index contributed by atoms with van der Waals surface area (Å²) in [6, 6.07) is 18.3. The summed E-state index contributed by atoms with van der Waals surface area (Å²) in [7, 11) is 0. The maximum absolute atomic E-state index is 7.43. The van der Waals surface area contributed by atoms with Crippen LogP contribution < -0.4 is 50.8 Å². The topological polar surface area (TPSA) is 365 Å². The number of nitrogens with zero attached hydrogens (tertiary/aromatic N) is 8. The van der Waals surface area contributed by atoms with E-state index in [1.54, 1.807) is 6.20 Å². The second-order valence-electron chi connectivity index (χ2n) is 34.9. The molecule has 5 heterocycles. The maximum atomic E-state index is 7.43. The fourth-order valence-electron chi connectivity index (χ4n) is 11.4. The van der Waals surface area contributed by atoms with E-state index in [4.69, 9.17) is 61.8 Å². The van der Waals surface area contributed by atoms with Gasteiger partial charge in [0.05, 0.1) is 12.2 Å². The summed E-state index contributed by atoms with van der Waals surface area (Å²) in [4.78, 5) is 24.6. The van der Waals surface area contributed by atoms with E-state index in [9.17, 15) is 0 Å². The van der Waals surface area contributed by atoms with Crippen molar-refractivity contribution in [2.75, 3.05) is 77.7 Å². The van der Waals surface area contributed by atoms with Crippen LogP contribution in [0.25, 0.3) is 0 Å². The first-order valence-electron chi connectivity index (χ1n) is 35.2. The zero-order valence-corrected chi connectivity index (χ0v) is 64.3. The third kappa shape index (κ3) is 45.5. The Morgan fingerprint density at radius 1 is 0.562 bits per heavy atom. The predicted octanol–water partition coefficient (Wildman–Crippen LogP) is 12.5. The first-order chi connectivity index (χ1) is 44.0. The van der Waals surface area contributed by atoms with Crippen LogP contribution in [0.3, 0.4) is 0 Å². The summed E-state index contributed by atoms with van der Waals surface area (Å²) in [5.41, 5.74) is 45.6. The van der Waals surface area contributed by atoms with E-state index in [0.717, 1.165) is 133 Å². The van der Waals surface area contributed by atoms with Crippen LogP contribution in [0.2, 0.25) is 0 Å². The highest BCUT2D eigenvalue weighted by atomic mass is 15.3. The summed E-state index contributed by atoms with van der Waals surface area (Å²) in [5.74, 6) is 3.09. The molecule has 2 aromatic carbocycles. The van der Waals surface area contributed by atoms with Crippen LogP contribution in [0.5, 0.6) is 0 Å². The number of nitrogens with two attached hydrogens (primary N) is 7. The molecule has 4 aliphatic rings. The van der Waals surface area contributed by atoms with Crippen molar-refractivity contribution in [1.29, 1.82) is 21.6 Å². The van der Waals surface area contributed by atoms with E-state index >= 15 is 0 Å². The van der Waals surface area contributed by atoms with Gasteiger partial charge in [-0.15, -0.1) is 0 Å². The van der Waals surface area contributed by atoms with Crippen molar-refractivity contribution < 1.29 is 0 Å². The molecular weight excluding hydrogens is 1190 g/mol. The van der Waals surface area contributed by atoms with E-state index in [1.165, 1.54) is 56.1 Å². The van der Waals surface area contributed by atoms with Crippen LogP contribution in [-0.4, -0.2) is 143 Å². The summed E-state index contributed by atoms with van der Waals surface area (Å²) in [6.45, 7) is 58.0. The molecule has 1 aromatic heterocycles. The number of guanidine groups is 5. The van der Waals surface area contributed by atoms with E-state index in [-0.39, 0.29) is 29.7 Å². The fourth-order valence-corrected chi connectivity index (χ4v) is 11.4. The molecule has 1 unspecified atom stereocenters. The number of hydrogen-bond acceptors (Lipinski definition) is 12. The average Bonchev–Trinajstić information content (AvgIpc) is 1.54. The second-order valence-corrected chi connectivity index (χ2v) is 34.9. The van der Waals surface area contributed by atoms with Crippen LogP contribution in [-0.2, 0) is 19.3 Å². The lowest BCUT2D eigenvalue weighted by molar-refractivity contribution is 0.135. The maximum Gasteiger partial charge on any atom is 0.220 e. The Kier molecular flexibility index (Phi) is 37.0. The van der Waals surface area contributed by atoms with Crippen molar-refractivity contribution >= 4 is 47.3 Å².